The highest BCUT2D eigenvalue weighted by molar-refractivity contribution is 9.10. The molecule has 0 bridgehead atoms. The van der Waals surface area contributed by atoms with Crippen LogP contribution in [0.4, 0.5) is 11.4 Å². The molecular weight excluding hydrogens is 322 g/mol. The second kappa shape index (κ2) is 5.02. The molecule has 0 saturated carbocycles. The number of para-hydroxylation sites is 2. The average molecular weight is 334 g/mol. The summed E-state index contributed by atoms with van der Waals surface area (Å²) in [7, 11) is 0. The van der Waals surface area contributed by atoms with Gasteiger partial charge in [0, 0.05) is 9.79 Å². The Labute approximate surface area is 124 Å². The second-order valence-corrected chi connectivity index (χ2v) is 6.78. The molecule has 96 valence electrons. The van der Waals surface area contributed by atoms with Crippen molar-refractivity contribution in [3.8, 4) is 0 Å². The number of carbonyl (C=O) groups is 1. The van der Waals surface area contributed by atoms with Crippen LogP contribution in [0.25, 0.3) is 0 Å². The van der Waals surface area contributed by atoms with Gasteiger partial charge in [-0.1, -0.05) is 52.0 Å². The van der Waals surface area contributed by atoms with Gasteiger partial charge in [0.25, 0.3) is 0 Å². The van der Waals surface area contributed by atoms with Crippen LogP contribution in [0, 0.1) is 0 Å². The first kappa shape index (κ1) is 12.8. The lowest BCUT2D eigenvalue weighted by Gasteiger charge is -2.31. The molecule has 0 aliphatic carbocycles. The molecule has 0 saturated heterocycles. The zero-order valence-corrected chi connectivity index (χ0v) is 12.7. The first-order valence-electron chi connectivity index (χ1n) is 6.02. The Morgan fingerprint density at radius 3 is 2.00 bits per heavy atom. The van der Waals surface area contributed by atoms with Crippen molar-refractivity contribution < 1.29 is 4.79 Å². The van der Waals surface area contributed by atoms with E-state index in [2.05, 4.69) is 28.1 Å². The minimum atomic E-state index is -0.211. The molecule has 1 amide bonds. The van der Waals surface area contributed by atoms with Crippen molar-refractivity contribution >= 4 is 45.0 Å². The first-order valence-corrected chi connectivity index (χ1v) is 7.75. The summed E-state index contributed by atoms with van der Waals surface area (Å²) >= 11 is 5.09. The van der Waals surface area contributed by atoms with Gasteiger partial charge in [0.2, 0.25) is 5.91 Å². The van der Waals surface area contributed by atoms with Gasteiger partial charge in [0.1, 0.15) is 0 Å². The van der Waals surface area contributed by atoms with E-state index in [0.717, 1.165) is 21.2 Å². The van der Waals surface area contributed by atoms with Gasteiger partial charge in [-0.2, -0.15) is 0 Å². The normalized spacial score (nSPS) is 14.5. The fraction of sp³-hybridized carbons (Fsp3) is 0.133. The molecule has 19 heavy (non-hydrogen) atoms. The van der Waals surface area contributed by atoms with Gasteiger partial charge in [-0.25, -0.2) is 0 Å². The van der Waals surface area contributed by atoms with E-state index in [1.807, 2.05) is 43.3 Å². The minimum Gasteiger partial charge on any atom is -0.278 e. The molecule has 2 nitrogen and oxygen atoms in total. The lowest BCUT2D eigenvalue weighted by atomic mass is 10.2. The maximum atomic E-state index is 12.5. The molecule has 0 spiro atoms. The van der Waals surface area contributed by atoms with Crippen LogP contribution in [0.5, 0.6) is 0 Å². The Kier molecular flexibility index (Phi) is 3.37. The van der Waals surface area contributed by atoms with Crippen LogP contribution in [0.2, 0.25) is 0 Å². The molecule has 2 aromatic carbocycles. The number of nitrogens with zero attached hydrogens (tertiary/aromatic N) is 1. The van der Waals surface area contributed by atoms with Gasteiger partial charge >= 0.3 is 0 Å². The summed E-state index contributed by atoms with van der Waals surface area (Å²) in [5.41, 5.74) is 1.92. The number of carbonyl (C=O) groups excluding carboxylic acids is 1. The van der Waals surface area contributed by atoms with E-state index < -0.39 is 0 Å². The van der Waals surface area contributed by atoms with E-state index >= 15 is 0 Å². The fourth-order valence-corrected chi connectivity index (χ4v) is 3.38. The van der Waals surface area contributed by atoms with E-state index in [4.69, 9.17) is 0 Å². The summed E-state index contributed by atoms with van der Waals surface area (Å²) in [6, 6.07) is 16.0. The zero-order chi connectivity index (χ0) is 13.4. The third-order valence-corrected chi connectivity index (χ3v) is 4.51. The maximum Gasteiger partial charge on any atom is 0.245 e. The molecule has 2 aromatic rings. The van der Waals surface area contributed by atoms with Crippen molar-refractivity contribution in [2.24, 2.45) is 0 Å². The summed E-state index contributed by atoms with van der Waals surface area (Å²) < 4.78 is 0. The number of fused-ring (bicyclic) bond motifs is 2. The topological polar surface area (TPSA) is 20.3 Å². The van der Waals surface area contributed by atoms with Crippen LogP contribution in [0.3, 0.4) is 0 Å². The van der Waals surface area contributed by atoms with E-state index in [-0.39, 0.29) is 10.7 Å². The molecule has 0 unspecified atom stereocenters. The van der Waals surface area contributed by atoms with Gasteiger partial charge in [0.15, 0.2) is 0 Å². The molecule has 1 heterocycles. The molecule has 1 aliphatic rings. The summed E-state index contributed by atoms with van der Waals surface area (Å²) in [5, 5.41) is 0. The average Bonchev–Trinajstić information content (AvgIpc) is 2.43. The lowest BCUT2D eigenvalue weighted by Crippen LogP contribution is -2.33. The van der Waals surface area contributed by atoms with Crippen molar-refractivity contribution in [1.82, 2.24) is 0 Å². The highest BCUT2D eigenvalue weighted by atomic mass is 79.9. The van der Waals surface area contributed by atoms with Crippen LogP contribution in [-0.2, 0) is 4.79 Å². The van der Waals surface area contributed by atoms with Gasteiger partial charge in [-0.05, 0) is 31.2 Å². The Bertz CT molecular complexity index is 596. The van der Waals surface area contributed by atoms with Crippen molar-refractivity contribution in [2.75, 3.05) is 4.90 Å². The molecule has 3 rings (SSSR count). The Morgan fingerprint density at radius 2 is 1.53 bits per heavy atom. The Balaban J connectivity index is 2.19. The van der Waals surface area contributed by atoms with Gasteiger partial charge in [0.05, 0.1) is 16.2 Å². The second-order valence-electron chi connectivity index (χ2n) is 4.33. The smallest absolute Gasteiger partial charge is 0.245 e. The number of anilines is 2. The molecular formula is C15H12BrNOS. The number of alkyl halides is 1. The highest BCUT2D eigenvalue weighted by Crippen LogP contribution is 2.48. The summed E-state index contributed by atoms with van der Waals surface area (Å²) in [6.45, 7) is 1.86. The van der Waals surface area contributed by atoms with E-state index in [1.54, 1.807) is 16.7 Å². The minimum absolute atomic E-state index is 0.0557. The van der Waals surface area contributed by atoms with E-state index in [1.165, 1.54) is 0 Å². The number of halogens is 1. The SMILES string of the molecule is C[C@H](Br)C(=O)N1c2ccccc2Sc2ccccc21. The van der Waals surface area contributed by atoms with Crippen molar-refractivity contribution in [3.63, 3.8) is 0 Å². The lowest BCUT2D eigenvalue weighted by molar-refractivity contribution is -0.117. The monoisotopic (exact) mass is 333 g/mol. The molecule has 0 radical (unpaired) electrons. The number of rotatable bonds is 1. The van der Waals surface area contributed by atoms with Crippen LogP contribution in [0.15, 0.2) is 58.3 Å². The van der Waals surface area contributed by atoms with Crippen molar-refractivity contribution in [2.45, 2.75) is 21.5 Å². The number of amides is 1. The van der Waals surface area contributed by atoms with Crippen LogP contribution < -0.4 is 4.90 Å². The van der Waals surface area contributed by atoms with Gasteiger partial charge < -0.3 is 0 Å². The molecule has 4 heteroatoms. The standard InChI is InChI=1S/C15H12BrNOS/c1-10(16)15(18)17-11-6-2-4-8-13(11)19-14-9-5-3-7-12(14)17/h2-10H,1H3/t10-/m0/s1. The molecule has 1 aliphatic heterocycles. The quantitative estimate of drug-likeness (QED) is 0.711. The van der Waals surface area contributed by atoms with Crippen LogP contribution >= 0.6 is 27.7 Å². The highest BCUT2D eigenvalue weighted by Gasteiger charge is 2.29. The van der Waals surface area contributed by atoms with E-state index in [0.29, 0.717) is 0 Å². The maximum absolute atomic E-state index is 12.5. The number of benzene rings is 2. The largest absolute Gasteiger partial charge is 0.278 e. The van der Waals surface area contributed by atoms with Crippen molar-refractivity contribution in [1.29, 1.82) is 0 Å². The zero-order valence-electron chi connectivity index (χ0n) is 10.3. The fourth-order valence-electron chi connectivity index (χ4n) is 2.12. The number of hydrogen-bond acceptors (Lipinski definition) is 2. The molecule has 0 fully saturated rings. The van der Waals surface area contributed by atoms with Gasteiger partial charge in [-0.3, -0.25) is 9.69 Å². The van der Waals surface area contributed by atoms with Crippen LogP contribution in [-0.4, -0.2) is 10.7 Å². The summed E-state index contributed by atoms with van der Waals surface area (Å²) in [5.74, 6) is 0.0557. The third-order valence-electron chi connectivity index (χ3n) is 2.99. The Morgan fingerprint density at radius 1 is 1.05 bits per heavy atom. The Hall–Kier alpha value is -1.26. The van der Waals surface area contributed by atoms with Crippen LogP contribution in [0.1, 0.15) is 6.92 Å². The molecule has 0 aromatic heterocycles. The molecule has 1 atom stereocenters. The number of hydrogen-bond donors (Lipinski definition) is 0. The first-order chi connectivity index (χ1) is 9.18. The van der Waals surface area contributed by atoms with Crippen molar-refractivity contribution in [3.05, 3.63) is 48.5 Å². The van der Waals surface area contributed by atoms with Gasteiger partial charge in [-0.15, -0.1) is 0 Å². The predicted octanol–water partition coefficient (Wildman–Crippen LogP) is 4.60. The third kappa shape index (κ3) is 2.19. The summed E-state index contributed by atoms with van der Waals surface area (Å²) in [6.07, 6.45) is 0. The predicted molar refractivity (Wildman–Crippen MR) is 82.5 cm³/mol. The van der Waals surface area contributed by atoms with E-state index in [9.17, 15) is 4.79 Å². The molecule has 0 N–H and O–H groups in total. The summed E-state index contributed by atoms with van der Waals surface area (Å²) in [4.78, 5) is 16.3.